The van der Waals surface area contributed by atoms with E-state index in [1.165, 1.54) is 0 Å². The summed E-state index contributed by atoms with van der Waals surface area (Å²) in [5.41, 5.74) is 3.76. The molecule has 1 N–H and O–H groups in total. The van der Waals surface area contributed by atoms with Gasteiger partial charge in [-0.2, -0.15) is 0 Å². The smallest absolute Gasteiger partial charge is 0.258 e. The first-order valence-corrected chi connectivity index (χ1v) is 8.40. The molecule has 124 valence electrons. The van der Waals surface area contributed by atoms with Crippen LogP contribution in [0.25, 0.3) is 5.65 Å². The zero-order valence-electron chi connectivity index (χ0n) is 13.5. The molecular weight excluding hydrogens is 370 g/mol. The second-order valence-corrected chi connectivity index (χ2v) is 6.60. The molecule has 0 spiro atoms. The van der Waals surface area contributed by atoms with Gasteiger partial charge in [-0.25, -0.2) is 4.98 Å². The van der Waals surface area contributed by atoms with Gasteiger partial charge in [-0.05, 0) is 59.1 Å². The number of hydrogen-bond acceptors (Lipinski definition) is 3. The van der Waals surface area contributed by atoms with Crippen molar-refractivity contribution >= 4 is 27.5 Å². The molecule has 1 aromatic carbocycles. The lowest BCUT2D eigenvalue weighted by atomic mass is 10.1. The number of aromatic nitrogens is 2. The van der Waals surface area contributed by atoms with E-state index < -0.39 is 0 Å². The van der Waals surface area contributed by atoms with Crippen molar-refractivity contribution in [2.24, 2.45) is 0 Å². The molecule has 0 saturated carbocycles. The van der Waals surface area contributed by atoms with Gasteiger partial charge in [0.05, 0.1) is 12.2 Å². The predicted octanol–water partition coefficient (Wildman–Crippen LogP) is 3.41. The number of imidazole rings is 1. The SMILES string of the molecule is Cc1ccc(C)c(OCC(=O)NCc2cn3cc(Br)ccc3n2)c1. The summed E-state index contributed by atoms with van der Waals surface area (Å²) in [6.45, 7) is 4.31. The Hall–Kier alpha value is -2.34. The van der Waals surface area contributed by atoms with E-state index in [4.69, 9.17) is 4.74 Å². The largest absolute Gasteiger partial charge is 0.483 e. The highest BCUT2D eigenvalue weighted by molar-refractivity contribution is 9.10. The number of benzene rings is 1. The minimum absolute atomic E-state index is 0.0107. The minimum atomic E-state index is -0.172. The number of nitrogens with one attached hydrogen (secondary N) is 1. The van der Waals surface area contributed by atoms with Gasteiger partial charge in [-0.3, -0.25) is 4.79 Å². The van der Waals surface area contributed by atoms with Crippen LogP contribution in [0.15, 0.2) is 47.2 Å². The molecule has 0 aliphatic heterocycles. The van der Waals surface area contributed by atoms with Crippen molar-refractivity contribution in [2.75, 3.05) is 6.61 Å². The Morgan fingerprint density at radius 2 is 2.08 bits per heavy atom. The number of pyridine rings is 1. The van der Waals surface area contributed by atoms with Crippen LogP contribution in [-0.4, -0.2) is 21.9 Å². The van der Waals surface area contributed by atoms with Crippen molar-refractivity contribution in [2.45, 2.75) is 20.4 Å². The fourth-order valence-electron chi connectivity index (χ4n) is 2.35. The number of hydrogen-bond donors (Lipinski definition) is 1. The first-order chi connectivity index (χ1) is 11.5. The number of nitrogens with zero attached hydrogens (tertiary/aromatic N) is 2. The highest BCUT2D eigenvalue weighted by Gasteiger charge is 2.07. The number of rotatable bonds is 5. The van der Waals surface area contributed by atoms with Crippen molar-refractivity contribution in [1.29, 1.82) is 0 Å². The molecule has 2 heterocycles. The van der Waals surface area contributed by atoms with E-state index in [-0.39, 0.29) is 12.5 Å². The molecule has 3 aromatic rings. The molecule has 0 atom stereocenters. The Balaban J connectivity index is 1.55. The van der Waals surface area contributed by atoms with Crippen LogP contribution in [0.5, 0.6) is 5.75 Å². The second kappa shape index (κ2) is 7.05. The molecule has 0 aliphatic carbocycles. The summed E-state index contributed by atoms with van der Waals surface area (Å²) in [6, 6.07) is 9.78. The molecule has 0 unspecified atom stereocenters. The van der Waals surface area contributed by atoms with Gasteiger partial charge in [0.1, 0.15) is 11.4 Å². The van der Waals surface area contributed by atoms with Gasteiger partial charge >= 0.3 is 0 Å². The Bertz CT molecular complexity index is 889. The van der Waals surface area contributed by atoms with Crippen molar-refractivity contribution in [3.63, 3.8) is 0 Å². The van der Waals surface area contributed by atoms with Crippen LogP contribution >= 0.6 is 15.9 Å². The maximum absolute atomic E-state index is 12.0. The summed E-state index contributed by atoms with van der Waals surface area (Å²) in [6.07, 6.45) is 3.82. The highest BCUT2D eigenvalue weighted by Crippen LogP contribution is 2.18. The van der Waals surface area contributed by atoms with Gasteiger partial charge < -0.3 is 14.5 Å². The molecule has 6 heteroatoms. The quantitative estimate of drug-likeness (QED) is 0.729. The number of carbonyl (C=O) groups is 1. The Morgan fingerprint density at radius 1 is 1.25 bits per heavy atom. The third kappa shape index (κ3) is 3.94. The molecule has 0 radical (unpaired) electrons. The summed E-state index contributed by atoms with van der Waals surface area (Å²) in [7, 11) is 0. The van der Waals surface area contributed by atoms with Gasteiger partial charge in [0.15, 0.2) is 6.61 Å². The van der Waals surface area contributed by atoms with E-state index >= 15 is 0 Å². The van der Waals surface area contributed by atoms with Crippen LogP contribution in [0.3, 0.4) is 0 Å². The van der Waals surface area contributed by atoms with Crippen LogP contribution in [0.1, 0.15) is 16.8 Å². The molecule has 2 aromatic heterocycles. The van der Waals surface area contributed by atoms with E-state index in [2.05, 4.69) is 26.2 Å². The summed E-state index contributed by atoms with van der Waals surface area (Å²) >= 11 is 3.42. The third-order valence-corrected chi connectivity index (χ3v) is 4.10. The molecule has 0 saturated heterocycles. The molecule has 0 aliphatic rings. The Kier molecular flexibility index (Phi) is 4.85. The van der Waals surface area contributed by atoms with Gasteiger partial charge in [-0.1, -0.05) is 12.1 Å². The molecule has 0 bridgehead atoms. The standard InChI is InChI=1S/C18H18BrN3O2/c1-12-3-4-13(2)16(7-12)24-11-18(23)20-8-15-10-22-9-14(19)5-6-17(22)21-15/h3-7,9-10H,8,11H2,1-2H3,(H,20,23). The maximum atomic E-state index is 12.0. The molecular formula is C18H18BrN3O2. The van der Waals surface area contributed by atoms with Crippen molar-refractivity contribution < 1.29 is 9.53 Å². The molecule has 24 heavy (non-hydrogen) atoms. The monoisotopic (exact) mass is 387 g/mol. The molecule has 3 rings (SSSR count). The van der Waals surface area contributed by atoms with Crippen LogP contribution in [0, 0.1) is 13.8 Å². The Morgan fingerprint density at radius 3 is 2.92 bits per heavy atom. The summed E-state index contributed by atoms with van der Waals surface area (Å²) in [5, 5.41) is 2.83. The zero-order chi connectivity index (χ0) is 17.1. The number of halogens is 1. The lowest BCUT2D eigenvalue weighted by Crippen LogP contribution is -2.28. The second-order valence-electron chi connectivity index (χ2n) is 5.68. The number of fused-ring (bicyclic) bond motifs is 1. The van der Waals surface area contributed by atoms with Crippen LogP contribution < -0.4 is 10.1 Å². The van der Waals surface area contributed by atoms with Crippen LogP contribution in [0.4, 0.5) is 0 Å². The fraction of sp³-hybridized carbons (Fsp3) is 0.222. The predicted molar refractivity (Wildman–Crippen MR) is 96.1 cm³/mol. The van der Waals surface area contributed by atoms with E-state index in [9.17, 15) is 4.79 Å². The van der Waals surface area contributed by atoms with Gasteiger partial charge in [0.2, 0.25) is 0 Å². The lowest BCUT2D eigenvalue weighted by Gasteiger charge is -2.09. The maximum Gasteiger partial charge on any atom is 0.258 e. The summed E-state index contributed by atoms with van der Waals surface area (Å²) < 4.78 is 8.49. The number of carbonyl (C=O) groups excluding carboxylic acids is 1. The van der Waals surface area contributed by atoms with E-state index in [0.717, 1.165) is 32.7 Å². The zero-order valence-corrected chi connectivity index (χ0v) is 15.1. The third-order valence-electron chi connectivity index (χ3n) is 3.63. The van der Waals surface area contributed by atoms with Crippen molar-refractivity contribution in [3.8, 4) is 5.75 Å². The topological polar surface area (TPSA) is 55.6 Å². The molecule has 5 nitrogen and oxygen atoms in total. The van der Waals surface area contributed by atoms with E-state index in [0.29, 0.717) is 6.54 Å². The average molecular weight is 388 g/mol. The van der Waals surface area contributed by atoms with Crippen molar-refractivity contribution in [3.05, 3.63) is 64.0 Å². The summed E-state index contributed by atoms with van der Waals surface area (Å²) in [5.74, 6) is 0.567. The van der Waals surface area contributed by atoms with E-state index in [1.807, 2.05) is 61.0 Å². The first-order valence-electron chi connectivity index (χ1n) is 7.61. The minimum Gasteiger partial charge on any atom is -0.483 e. The lowest BCUT2D eigenvalue weighted by molar-refractivity contribution is -0.123. The average Bonchev–Trinajstić information content (AvgIpc) is 2.95. The molecule has 0 fully saturated rings. The van der Waals surface area contributed by atoms with Crippen molar-refractivity contribution in [1.82, 2.24) is 14.7 Å². The van der Waals surface area contributed by atoms with Gasteiger partial charge in [0, 0.05) is 16.9 Å². The number of aryl methyl sites for hydroxylation is 2. The number of ether oxygens (including phenoxy) is 1. The highest BCUT2D eigenvalue weighted by atomic mass is 79.9. The Labute approximate surface area is 148 Å². The summed E-state index contributed by atoms with van der Waals surface area (Å²) in [4.78, 5) is 16.4. The van der Waals surface area contributed by atoms with Crippen LogP contribution in [0.2, 0.25) is 0 Å². The van der Waals surface area contributed by atoms with Gasteiger partial charge in [-0.15, -0.1) is 0 Å². The van der Waals surface area contributed by atoms with Crippen LogP contribution in [-0.2, 0) is 11.3 Å². The normalized spacial score (nSPS) is 10.8. The number of amides is 1. The first kappa shape index (κ1) is 16.5. The fourth-order valence-corrected chi connectivity index (χ4v) is 2.70. The molecule has 1 amide bonds. The van der Waals surface area contributed by atoms with E-state index in [1.54, 1.807) is 0 Å². The van der Waals surface area contributed by atoms with Gasteiger partial charge in [0.25, 0.3) is 5.91 Å².